The normalized spacial score (nSPS) is 12.0. The van der Waals surface area contributed by atoms with Gasteiger partial charge in [-0.1, -0.05) is 0 Å². The first-order valence-corrected chi connectivity index (χ1v) is 8.40. The van der Waals surface area contributed by atoms with Gasteiger partial charge in [-0.3, -0.25) is 4.99 Å². The molecule has 0 fully saturated rings. The zero-order chi connectivity index (χ0) is 18.9. The van der Waals surface area contributed by atoms with Crippen molar-refractivity contribution in [3.63, 3.8) is 0 Å². The van der Waals surface area contributed by atoms with Gasteiger partial charge in [0.15, 0.2) is 44.7 Å². The van der Waals surface area contributed by atoms with Gasteiger partial charge < -0.3 is 4.74 Å². The van der Waals surface area contributed by atoms with E-state index < -0.39 is 49.4 Å². The van der Waals surface area contributed by atoms with Crippen molar-refractivity contribution < 1.29 is 35.1 Å². The molecule has 2 aromatic carbocycles. The van der Waals surface area contributed by atoms with E-state index in [1.165, 1.54) is 19.2 Å². The van der Waals surface area contributed by atoms with Gasteiger partial charge in [-0.05, 0) is 12.1 Å². The van der Waals surface area contributed by atoms with Crippen LogP contribution >= 0.6 is 0 Å². The third kappa shape index (κ3) is 3.63. The average molecular weight is 379 g/mol. The number of nitrogens with zero attached hydrogens (tertiary/aromatic N) is 1. The molecule has 0 saturated carbocycles. The van der Waals surface area contributed by atoms with Crippen LogP contribution in [0.1, 0.15) is 5.56 Å². The standard InChI is InChI=1S/C15H10F5NO3S/c1-24-10-4-3-7(5-9(10)16)21-6-8-11(17)12(18)13(19)14(20)15(8)25(2,22)23/h3-6H,1-2H3/b21-6+. The van der Waals surface area contributed by atoms with Gasteiger partial charge in [0, 0.05) is 18.5 Å². The topological polar surface area (TPSA) is 55.7 Å². The Morgan fingerprint density at radius 1 is 1.00 bits per heavy atom. The van der Waals surface area contributed by atoms with E-state index in [-0.39, 0.29) is 11.4 Å². The molecule has 4 nitrogen and oxygen atoms in total. The summed E-state index contributed by atoms with van der Waals surface area (Å²) >= 11 is 0. The number of methoxy groups -OCH3 is 1. The van der Waals surface area contributed by atoms with Crippen LogP contribution in [0.15, 0.2) is 28.1 Å². The molecule has 0 aliphatic rings. The monoisotopic (exact) mass is 379 g/mol. The highest BCUT2D eigenvalue weighted by molar-refractivity contribution is 7.90. The smallest absolute Gasteiger partial charge is 0.198 e. The Morgan fingerprint density at radius 2 is 1.60 bits per heavy atom. The first kappa shape index (κ1) is 18.8. The second-order valence-corrected chi connectivity index (χ2v) is 6.80. The van der Waals surface area contributed by atoms with Crippen LogP contribution in [0.2, 0.25) is 0 Å². The molecule has 10 heteroatoms. The van der Waals surface area contributed by atoms with Crippen molar-refractivity contribution in [3.8, 4) is 5.75 Å². The summed E-state index contributed by atoms with van der Waals surface area (Å²) in [5.41, 5.74) is -1.24. The lowest BCUT2D eigenvalue weighted by molar-refractivity contribution is 0.386. The predicted molar refractivity (Wildman–Crippen MR) is 79.6 cm³/mol. The molecule has 0 atom stereocenters. The van der Waals surface area contributed by atoms with Gasteiger partial charge in [0.05, 0.1) is 18.4 Å². The van der Waals surface area contributed by atoms with Gasteiger partial charge in [0.2, 0.25) is 0 Å². The summed E-state index contributed by atoms with van der Waals surface area (Å²) in [5, 5.41) is 0. The number of hydrogen-bond acceptors (Lipinski definition) is 4. The fourth-order valence-electron chi connectivity index (χ4n) is 1.98. The molecule has 0 N–H and O–H groups in total. The van der Waals surface area contributed by atoms with Gasteiger partial charge in [-0.2, -0.15) is 0 Å². The van der Waals surface area contributed by atoms with Crippen molar-refractivity contribution >= 4 is 21.7 Å². The van der Waals surface area contributed by atoms with Crippen LogP contribution in [-0.2, 0) is 9.84 Å². The van der Waals surface area contributed by atoms with Crippen LogP contribution in [0, 0.1) is 29.1 Å². The number of halogens is 5. The fraction of sp³-hybridized carbons (Fsp3) is 0.133. The number of benzene rings is 2. The van der Waals surface area contributed by atoms with Crippen LogP contribution in [0.4, 0.5) is 27.6 Å². The lowest BCUT2D eigenvalue weighted by Gasteiger charge is -2.09. The van der Waals surface area contributed by atoms with E-state index in [1.54, 1.807) is 0 Å². The SMILES string of the molecule is COc1ccc(/N=C/c2c(F)c(F)c(F)c(F)c2S(C)(=O)=O)cc1F. The molecule has 0 amide bonds. The minimum Gasteiger partial charge on any atom is -0.494 e. The molecule has 0 saturated heterocycles. The summed E-state index contributed by atoms with van der Waals surface area (Å²) in [6.07, 6.45) is 0.963. The van der Waals surface area contributed by atoms with Gasteiger partial charge >= 0.3 is 0 Å². The second kappa shape index (κ2) is 6.79. The van der Waals surface area contributed by atoms with Crippen molar-refractivity contribution in [3.05, 3.63) is 52.8 Å². The Hall–Kier alpha value is -2.49. The average Bonchev–Trinajstić information content (AvgIpc) is 2.53. The van der Waals surface area contributed by atoms with Crippen LogP contribution in [0.5, 0.6) is 5.75 Å². The molecule has 0 radical (unpaired) electrons. The number of rotatable bonds is 4. The Bertz CT molecular complexity index is 974. The summed E-state index contributed by atoms with van der Waals surface area (Å²) in [7, 11) is -3.23. The maximum atomic E-state index is 13.9. The maximum Gasteiger partial charge on any atom is 0.198 e. The summed E-state index contributed by atoms with van der Waals surface area (Å²) in [6, 6.07) is 3.28. The van der Waals surface area contributed by atoms with Gasteiger partial charge in [-0.25, -0.2) is 30.4 Å². The van der Waals surface area contributed by atoms with E-state index in [0.717, 1.165) is 6.07 Å². The number of hydrogen-bond donors (Lipinski definition) is 0. The molecule has 0 spiro atoms. The number of sulfone groups is 1. The summed E-state index contributed by atoms with van der Waals surface area (Å²) in [5.74, 6) is -9.38. The van der Waals surface area contributed by atoms with E-state index >= 15 is 0 Å². The third-order valence-electron chi connectivity index (χ3n) is 3.11. The van der Waals surface area contributed by atoms with Gasteiger partial charge in [0.1, 0.15) is 4.90 Å². The van der Waals surface area contributed by atoms with Crippen LogP contribution in [-0.4, -0.2) is 28.0 Å². The molecule has 0 aromatic heterocycles. The minimum absolute atomic E-state index is 0.110. The number of ether oxygens (including phenoxy) is 1. The highest BCUT2D eigenvalue weighted by atomic mass is 32.2. The van der Waals surface area contributed by atoms with Crippen molar-refractivity contribution in [1.82, 2.24) is 0 Å². The molecule has 0 aliphatic carbocycles. The first-order chi connectivity index (χ1) is 11.6. The molecule has 2 rings (SSSR count). The quantitative estimate of drug-likeness (QED) is 0.268. The van der Waals surface area contributed by atoms with Crippen molar-refractivity contribution in [2.75, 3.05) is 13.4 Å². The predicted octanol–water partition coefficient (Wildman–Crippen LogP) is 3.54. The summed E-state index contributed by atoms with van der Waals surface area (Å²) < 4.78 is 95.8. The minimum atomic E-state index is -4.46. The number of aliphatic imine (C=N–C) groups is 1. The Balaban J connectivity index is 2.65. The van der Waals surface area contributed by atoms with E-state index in [2.05, 4.69) is 9.73 Å². The molecule has 134 valence electrons. The molecular formula is C15H10F5NO3S. The molecular weight excluding hydrogens is 369 g/mol. The van der Waals surface area contributed by atoms with E-state index in [0.29, 0.717) is 12.5 Å². The molecule has 0 heterocycles. The van der Waals surface area contributed by atoms with E-state index in [4.69, 9.17) is 0 Å². The van der Waals surface area contributed by atoms with Crippen LogP contribution < -0.4 is 4.74 Å². The third-order valence-corrected chi connectivity index (χ3v) is 4.25. The molecule has 2 aromatic rings. The van der Waals surface area contributed by atoms with Crippen molar-refractivity contribution in [1.29, 1.82) is 0 Å². The highest BCUT2D eigenvalue weighted by Gasteiger charge is 2.29. The zero-order valence-electron chi connectivity index (χ0n) is 12.8. The zero-order valence-corrected chi connectivity index (χ0v) is 13.6. The van der Waals surface area contributed by atoms with Gasteiger partial charge in [0.25, 0.3) is 0 Å². The Kier molecular flexibility index (Phi) is 5.12. The lowest BCUT2D eigenvalue weighted by Crippen LogP contribution is -2.12. The largest absolute Gasteiger partial charge is 0.494 e. The van der Waals surface area contributed by atoms with Gasteiger partial charge in [-0.15, -0.1) is 0 Å². The van der Waals surface area contributed by atoms with Crippen LogP contribution in [0.3, 0.4) is 0 Å². The van der Waals surface area contributed by atoms with E-state index in [1.807, 2.05) is 0 Å². The Labute approximate surface area is 139 Å². The van der Waals surface area contributed by atoms with Crippen molar-refractivity contribution in [2.45, 2.75) is 4.90 Å². The molecule has 0 unspecified atom stereocenters. The summed E-state index contributed by atoms with van der Waals surface area (Å²) in [6.45, 7) is 0. The lowest BCUT2D eigenvalue weighted by atomic mass is 10.2. The Morgan fingerprint density at radius 3 is 2.12 bits per heavy atom. The second-order valence-electron chi connectivity index (χ2n) is 4.85. The highest BCUT2D eigenvalue weighted by Crippen LogP contribution is 2.28. The maximum absolute atomic E-state index is 13.9. The summed E-state index contributed by atoms with van der Waals surface area (Å²) in [4.78, 5) is 2.19. The van der Waals surface area contributed by atoms with Crippen molar-refractivity contribution in [2.24, 2.45) is 4.99 Å². The molecule has 0 bridgehead atoms. The first-order valence-electron chi connectivity index (χ1n) is 6.51. The molecule has 0 aliphatic heterocycles. The van der Waals surface area contributed by atoms with E-state index in [9.17, 15) is 30.4 Å². The fourth-order valence-corrected chi connectivity index (χ4v) is 2.94. The van der Waals surface area contributed by atoms with Crippen LogP contribution in [0.25, 0.3) is 0 Å². The molecule has 25 heavy (non-hydrogen) atoms.